The zero-order valence-electron chi connectivity index (χ0n) is 9.48. The largest absolute Gasteiger partial charge is 0.495 e. The number of ether oxygens (including phenoxy) is 1. The van der Waals surface area contributed by atoms with Crippen LogP contribution in [0.2, 0.25) is 0 Å². The van der Waals surface area contributed by atoms with Crippen LogP contribution in [0.3, 0.4) is 0 Å². The number of hydrogen-bond acceptors (Lipinski definition) is 5. The molecule has 0 aliphatic carbocycles. The van der Waals surface area contributed by atoms with Crippen LogP contribution in [0, 0.1) is 0 Å². The lowest BCUT2D eigenvalue weighted by Crippen LogP contribution is -2.12. The van der Waals surface area contributed by atoms with Gasteiger partial charge in [-0.25, -0.2) is 4.98 Å². The van der Waals surface area contributed by atoms with Crippen molar-refractivity contribution in [2.45, 2.75) is 13.0 Å². The van der Waals surface area contributed by atoms with Gasteiger partial charge in [0.1, 0.15) is 10.6 Å². The summed E-state index contributed by atoms with van der Waals surface area (Å²) < 4.78 is 10.9. The normalized spacial score (nSPS) is 12.7. The topological polar surface area (TPSA) is 47.3 Å². The fraction of sp³-hybridized carbons (Fsp3) is 0.364. The Balaban J connectivity index is 2.31. The van der Waals surface area contributed by atoms with E-state index in [2.05, 4.69) is 10.3 Å². The summed E-state index contributed by atoms with van der Waals surface area (Å²) in [5, 5.41) is 5.05. The smallest absolute Gasteiger partial charge is 0.211 e. The lowest BCUT2D eigenvalue weighted by atomic mass is 10.3. The molecular formula is C11H14N2O2S. The predicted octanol–water partition coefficient (Wildman–Crippen LogP) is 2.69. The second-order valence-electron chi connectivity index (χ2n) is 3.39. The summed E-state index contributed by atoms with van der Waals surface area (Å²) in [7, 11) is 3.53. The summed E-state index contributed by atoms with van der Waals surface area (Å²) in [4.78, 5) is 5.22. The van der Waals surface area contributed by atoms with E-state index in [4.69, 9.17) is 9.15 Å². The molecule has 5 heteroatoms. The average molecular weight is 238 g/mol. The first-order valence-corrected chi connectivity index (χ1v) is 5.89. The van der Waals surface area contributed by atoms with Gasteiger partial charge >= 0.3 is 0 Å². The molecule has 2 rings (SSSR count). The van der Waals surface area contributed by atoms with Gasteiger partial charge in [0.15, 0.2) is 5.76 Å². The lowest BCUT2D eigenvalue weighted by Gasteiger charge is -2.03. The Labute approximate surface area is 98.3 Å². The summed E-state index contributed by atoms with van der Waals surface area (Å²) in [6.07, 6.45) is 1.73. The van der Waals surface area contributed by atoms with Gasteiger partial charge < -0.3 is 14.5 Å². The van der Waals surface area contributed by atoms with Crippen LogP contribution in [0.1, 0.15) is 18.9 Å². The highest BCUT2D eigenvalue weighted by Crippen LogP contribution is 2.36. The molecule has 0 aliphatic heterocycles. The van der Waals surface area contributed by atoms with Crippen LogP contribution in [0.4, 0.5) is 0 Å². The van der Waals surface area contributed by atoms with Crippen LogP contribution >= 0.6 is 11.3 Å². The molecule has 0 aliphatic rings. The number of nitrogens with zero attached hydrogens (tertiary/aromatic N) is 1. The molecule has 4 nitrogen and oxygen atoms in total. The van der Waals surface area contributed by atoms with E-state index in [1.807, 2.05) is 25.4 Å². The van der Waals surface area contributed by atoms with Crippen molar-refractivity contribution in [3.8, 4) is 16.4 Å². The van der Waals surface area contributed by atoms with Gasteiger partial charge in [0.05, 0.1) is 19.3 Å². The quantitative estimate of drug-likeness (QED) is 0.889. The summed E-state index contributed by atoms with van der Waals surface area (Å²) in [6.45, 7) is 2.00. The molecule has 0 radical (unpaired) electrons. The molecular weight excluding hydrogens is 224 g/mol. The third-order valence-electron chi connectivity index (χ3n) is 2.40. The molecule has 1 unspecified atom stereocenters. The molecule has 0 amide bonds. The summed E-state index contributed by atoms with van der Waals surface area (Å²) in [5.41, 5.74) is 0. The minimum Gasteiger partial charge on any atom is -0.495 e. The van der Waals surface area contributed by atoms with Gasteiger partial charge in [0.2, 0.25) is 5.89 Å². The van der Waals surface area contributed by atoms with Gasteiger partial charge in [0, 0.05) is 0 Å². The molecule has 0 spiro atoms. The maximum atomic E-state index is 5.68. The van der Waals surface area contributed by atoms with E-state index in [-0.39, 0.29) is 6.04 Å². The lowest BCUT2D eigenvalue weighted by molar-refractivity contribution is 0.413. The highest BCUT2D eigenvalue weighted by Gasteiger charge is 2.15. The molecule has 2 aromatic rings. The zero-order chi connectivity index (χ0) is 11.5. The Bertz CT molecular complexity index is 464. The molecule has 16 heavy (non-hydrogen) atoms. The molecule has 0 aromatic carbocycles. The summed E-state index contributed by atoms with van der Waals surface area (Å²) in [6, 6.07) is 2.03. The molecule has 0 saturated heterocycles. The third-order valence-corrected chi connectivity index (χ3v) is 3.31. The fourth-order valence-corrected chi connectivity index (χ4v) is 2.16. The van der Waals surface area contributed by atoms with Crippen LogP contribution in [-0.2, 0) is 0 Å². The Morgan fingerprint density at radius 1 is 1.56 bits per heavy atom. The number of rotatable bonds is 4. The SMILES string of the molecule is CNC(C)c1ncc(-c2sccc2OC)o1. The second-order valence-corrected chi connectivity index (χ2v) is 4.31. The Kier molecular flexibility index (Phi) is 3.26. The summed E-state index contributed by atoms with van der Waals surface area (Å²) in [5.74, 6) is 2.27. The molecule has 2 aromatic heterocycles. The predicted molar refractivity (Wildman–Crippen MR) is 63.8 cm³/mol. The molecule has 1 N–H and O–H groups in total. The second kappa shape index (κ2) is 4.67. The third kappa shape index (κ3) is 1.96. The van der Waals surface area contributed by atoms with Crippen LogP contribution in [0.25, 0.3) is 10.6 Å². The van der Waals surface area contributed by atoms with Gasteiger partial charge in [-0.2, -0.15) is 0 Å². The number of oxazole rings is 1. The van der Waals surface area contributed by atoms with Crippen molar-refractivity contribution in [1.29, 1.82) is 0 Å². The fourth-order valence-electron chi connectivity index (χ4n) is 1.35. The van der Waals surface area contributed by atoms with Crippen molar-refractivity contribution in [2.24, 2.45) is 0 Å². The standard InChI is InChI=1S/C11H14N2O2S/c1-7(12-2)11-13-6-9(15-11)10-8(14-3)4-5-16-10/h4-7,12H,1-3H3. The first-order chi connectivity index (χ1) is 7.76. The number of methoxy groups -OCH3 is 1. The minimum atomic E-state index is 0.111. The Morgan fingerprint density at radius 2 is 2.38 bits per heavy atom. The maximum Gasteiger partial charge on any atom is 0.211 e. The van der Waals surface area contributed by atoms with Crippen LogP contribution in [0.15, 0.2) is 22.1 Å². The Hall–Kier alpha value is -1.33. The van der Waals surface area contributed by atoms with Crippen molar-refractivity contribution in [1.82, 2.24) is 10.3 Å². The number of hydrogen-bond donors (Lipinski definition) is 1. The average Bonchev–Trinajstić information content (AvgIpc) is 2.95. The van der Waals surface area contributed by atoms with Crippen molar-refractivity contribution < 1.29 is 9.15 Å². The van der Waals surface area contributed by atoms with Gasteiger partial charge in [-0.1, -0.05) is 0 Å². The highest BCUT2D eigenvalue weighted by atomic mass is 32.1. The van der Waals surface area contributed by atoms with Crippen molar-refractivity contribution >= 4 is 11.3 Å². The first-order valence-electron chi connectivity index (χ1n) is 5.01. The van der Waals surface area contributed by atoms with Crippen LogP contribution in [-0.4, -0.2) is 19.1 Å². The van der Waals surface area contributed by atoms with Crippen LogP contribution in [0.5, 0.6) is 5.75 Å². The van der Waals surface area contributed by atoms with E-state index < -0.39 is 0 Å². The van der Waals surface area contributed by atoms with E-state index in [1.165, 1.54) is 0 Å². The van der Waals surface area contributed by atoms with E-state index >= 15 is 0 Å². The first kappa shape index (κ1) is 11.2. The monoisotopic (exact) mass is 238 g/mol. The van der Waals surface area contributed by atoms with Crippen molar-refractivity contribution in [3.63, 3.8) is 0 Å². The van der Waals surface area contributed by atoms with Crippen LogP contribution < -0.4 is 10.1 Å². The molecule has 0 bridgehead atoms. The highest BCUT2D eigenvalue weighted by molar-refractivity contribution is 7.13. The molecule has 86 valence electrons. The number of thiophene rings is 1. The minimum absolute atomic E-state index is 0.111. The van der Waals surface area contributed by atoms with E-state index in [9.17, 15) is 0 Å². The Morgan fingerprint density at radius 3 is 3.06 bits per heavy atom. The molecule has 0 saturated carbocycles. The van der Waals surface area contributed by atoms with Gasteiger partial charge in [0.25, 0.3) is 0 Å². The van der Waals surface area contributed by atoms with Crippen molar-refractivity contribution in [3.05, 3.63) is 23.5 Å². The number of nitrogens with one attached hydrogen (secondary N) is 1. The van der Waals surface area contributed by atoms with E-state index in [0.29, 0.717) is 5.89 Å². The van der Waals surface area contributed by atoms with E-state index in [1.54, 1.807) is 24.6 Å². The van der Waals surface area contributed by atoms with Gasteiger partial charge in [-0.15, -0.1) is 11.3 Å². The molecule has 2 heterocycles. The van der Waals surface area contributed by atoms with Gasteiger partial charge in [-0.3, -0.25) is 0 Å². The van der Waals surface area contributed by atoms with Gasteiger partial charge in [-0.05, 0) is 25.4 Å². The zero-order valence-corrected chi connectivity index (χ0v) is 10.3. The maximum absolute atomic E-state index is 5.68. The number of aromatic nitrogens is 1. The molecule has 1 atom stereocenters. The molecule has 0 fully saturated rings. The summed E-state index contributed by atoms with van der Waals surface area (Å²) >= 11 is 1.58. The van der Waals surface area contributed by atoms with Crippen molar-refractivity contribution in [2.75, 3.05) is 14.2 Å². The van der Waals surface area contributed by atoms with E-state index in [0.717, 1.165) is 16.4 Å².